The van der Waals surface area contributed by atoms with Gasteiger partial charge in [-0.3, -0.25) is 9.52 Å². The molecular weight excluding hydrogens is 448 g/mol. The number of anilines is 2. The number of H-pyrrole nitrogens is 1. The van der Waals surface area contributed by atoms with E-state index in [-0.39, 0.29) is 15.6 Å². The van der Waals surface area contributed by atoms with Crippen LogP contribution in [0.25, 0.3) is 5.69 Å². The molecule has 3 aromatic carbocycles. The van der Waals surface area contributed by atoms with Crippen LogP contribution < -0.4 is 10.0 Å². The lowest BCUT2D eigenvalue weighted by molar-refractivity contribution is 0.102. The van der Waals surface area contributed by atoms with Crippen LogP contribution in [0.15, 0.2) is 77.7 Å². The predicted molar refractivity (Wildman–Crippen MR) is 123 cm³/mol. The molecule has 0 saturated heterocycles. The van der Waals surface area contributed by atoms with Crippen LogP contribution in [0.1, 0.15) is 15.9 Å². The Balaban J connectivity index is 1.44. The molecule has 0 radical (unpaired) electrons. The summed E-state index contributed by atoms with van der Waals surface area (Å²) in [5.41, 5.74) is 3.08. The van der Waals surface area contributed by atoms with Gasteiger partial charge in [-0.05, 0) is 79.8 Å². The highest BCUT2D eigenvalue weighted by Crippen LogP contribution is 2.19. The van der Waals surface area contributed by atoms with Gasteiger partial charge in [0.05, 0.1) is 10.6 Å². The first-order chi connectivity index (χ1) is 15.3. The summed E-state index contributed by atoms with van der Waals surface area (Å²) in [5, 5.41) is 12.7. The van der Waals surface area contributed by atoms with Crippen molar-refractivity contribution in [2.24, 2.45) is 0 Å². The number of hydrogen-bond acceptors (Lipinski definition) is 6. The van der Waals surface area contributed by atoms with Gasteiger partial charge in [0.25, 0.3) is 15.9 Å². The Labute approximate surface area is 189 Å². The van der Waals surface area contributed by atoms with E-state index in [0.29, 0.717) is 22.6 Å². The number of benzene rings is 3. The van der Waals surface area contributed by atoms with Gasteiger partial charge in [0.2, 0.25) is 4.77 Å². The third-order valence-corrected chi connectivity index (χ3v) is 6.25. The number of aromatic nitrogens is 4. The van der Waals surface area contributed by atoms with Crippen molar-refractivity contribution in [2.75, 3.05) is 10.0 Å². The Morgan fingerprint density at radius 2 is 1.56 bits per heavy atom. The van der Waals surface area contributed by atoms with Crippen molar-refractivity contribution in [2.45, 2.75) is 11.8 Å². The van der Waals surface area contributed by atoms with E-state index in [1.165, 1.54) is 28.9 Å². The summed E-state index contributed by atoms with van der Waals surface area (Å²) in [6, 6.07) is 19.7. The van der Waals surface area contributed by atoms with Crippen LogP contribution in [0.5, 0.6) is 0 Å². The van der Waals surface area contributed by atoms with Gasteiger partial charge in [-0.2, -0.15) is 5.21 Å². The molecule has 1 heterocycles. The Kier molecular flexibility index (Phi) is 5.84. The summed E-state index contributed by atoms with van der Waals surface area (Å²) in [7, 11) is -3.74. The topological polar surface area (TPSA) is 122 Å². The number of tetrazole rings is 1. The van der Waals surface area contributed by atoms with Gasteiger partial charge in [-0.15, -0.1) is 0 Å². The second-order valence-electron chi connectivity index (χ2n) is 6.91. The van der Waals surface area contributed by atoms with Crippen molar-refractivity contribution >= 4 is 39.5 Å². The number of rotatable bonds is 6. The van der Waals surface area contributed by atoms with Gasteiger partial charge in [-0.1, -0.05) is 28.0 Å². The molecule has 162 valence electrons. The number of hydrogen-bond donors (Lipinski definition) is 3. The summed E-state index contributed by atoms with van der Waals surface area (Å²) < 4.78 is 29.5. The number of nitrogens with one attached hydrogen (secondary N) is 3. The van der Waals surface area contributed by atoms with Crippen molar-refractivity contribution in [3.63, 3.8) is 0 Å². The van der Waals surface area contributed by atoms with Gasteiger partial charge in [0.15, 0.2) is 0 Å². The van der Waals surface area contributed by atoms with Gasteiger partial charge < -0.3 is 5.32 Å². The van der Waals surface area contributed by atoms with E-state index >= 15 is 0 Å². The number of carbonyl (C=O) groups excluding carboxylic acids is 1. The highest BCUT2D eigenvalue weighted by Gasteiger charge is 2.15. The van der Waals surface area contributed by atoms with Crippen molar-refractivity contribution < 1.29 is 13.2 Å². The molecule has 4 rings (SSSR count). The summed E-state index contributed by atoms with van der Waals surface area (Å²) in [4.78, 5) is 12.6. The molecule has 0 aliphatic carbocycles. The molecule has 0 bridgehead atoms. The van der Waals surface area contributed by atoms with Gasteiger partial charge in [-0.25, -0.2) is 13.1 Å². The second kappa shape index (κ2) is 8.73. The standard InChI is InChI=1S/C21H18N6O3S2/c1-14-2-6-17(7-3-14)24-32(29,30)19-12-8-16(9-13-19)22-20(28)15-4-10-18(11-5-15)27-21(31)23-25-26-27/h2-13,24H,1H3,(H,22,28)(H,23,26,31). The van der Waals surface area contributed by atoms with Gasteiger partial charge in [0.1, 0.15) is 0 Å². The summed E-state index contributed by atoms with van der Waals surface area (Å²) in [6.07, 6.45) is 0. The molecule has 1 amide bonds. The maximum atomic E-state index is 12.6. The number of aromatic amines is 1. The first kappa shape index (κ1) is 21.4. The molecule has 0 aliphatic heterocycles. The lowest BCUT2D eigenvalue weighted by Gasteiger charge is -2.10. The first-order valence-electron chi connectivity index (χ1n) is 9.43. The highest BCUT2D eigenvalue weighted by atomic mass is 32.2. The summed E-state index contributed by atoms with van der Waals surface area (Å²) >= 11 is 5.05. The average Bonchev–Trinajstić information content (AvgIpc) is 3.21. The van der Waals surface area contributed by atoms with Crippen LogP contribution >= 0.6 is 12.2 Å². The first-order valence-corrected chi connectivity index (χ1v) is 11.3. The predicted octanol–water partition coefficient (Wildman–Crippen LogP) is 3.69. The maximum Gasteiger partial charge on any atom is 0.261 e. The molecule has 9 nitrogen and oxygen atoms in total. The minimum absolute atomic E-state index is 0.0883. The zero-order chi connectivity index (χ0) is 22.7. The Hall–Kier alpha value is -3.83. The van der Waals surface area contributed by atoms with Crippen molar-refractivity contribution in [1.82, 2.24) is 20.2 Å². The van der Waals surface area contributed by atoms with Crippen LogP contribution in [0.3, 0.4) is 0 Å². The van der Waals surface area contributed by atoms with Crippen LogP contribution in [0.2, 0.25) is 0 Å². The molecular formula is C21H18N6O3S2. The van der Waals surface area contributed by atoms with E-state index in [0.717, 1.165) is 5.56 Å². The molecule has 0 aliphatic rings. The smallest absolute Gasteiger partial charge is 0.261 e. The second-order valence-corrected chi connectivity index (χ2v) is 8.96. The fourth-order valence-corrected chi connectivity index (χ4v) is 4.13. The Bertz CT molecular complexity index is 1410. The largest absolute Gasteiger partial charge is 0.322 e. The Morgan fingerprint density at radius 1 is 0.938 bits per heavy atom. The van der Waals surface area contributed by atoms with Crippen LogP contribution in [-0.2, 0) is 10.0 Å². The van der Waals surface area contributed by atoms with E-state index in [4.69, 9.17) is 12.2 Å². The third-order valence-electron chi connectivity index (χ3n) is 4.59. The minimum atomic E-state index is -3.74. The molecule has 0 unspecified atom stereocenters. The molecule has 0 saturated carbocycles. The SMILES string of the molecule is Cc1ccc(NS(=O)(=O)c2ccc(NC(=O)c3ccc(-n4[nH]nnc4=S)cc3)cc2)cc1. The monoisotopic (exact) mass is 466 g/mol. The molecule has 3 N–H and O–H groups in total. The van der Waals surface area contributed by atoms with Crippen molar-refractivity contribution in [1.29, 1.82) is 0 Å². The lowest BCUT2D eigenvalue weighted by atomic mass is 10.2. The fourth-order valence-electron chi connectivity index (χ4n) is 2.88. The molecule has 1 aromatic heterocycles. The fraction of sp³-hybridized carbons (Fsp3) is 0.0476. The highest BCUT2D eigenvalue weighted by molar-refractivity contribution is 7.92. The van der Waals surface area contributed by atoms with Gasteiger partial charge in [0, 0.05) is 16.9 Å². The number of aryl methyl sites for hydroxylation is 1. The average molecular weight is 467 g/mol. The van der Waals surface area contributed by atoms with Crippen LogP contribution in [0, 0.1) is 11.7 Å². The maximum absolute atomic E-state index is 12.6. The normalized spacial score (nSPS) is 11.2. The third kappa shape index (κ3) is 4.74. The minimum Gasteiger partial charge on any atom is -0.322 e. The number of amides is 1. The lowest BCUT2D eigenvalue weighted by Crippen LogP contribution is -2.14. The number of nitrogens with zero attached hydrogens (tertiary/aromatic N) is 3. The quantitative estimate of drug-likeness (QED) is 0.373. The van der Waals surface area contributed by atoms with E-state index in [9.17, 15) is 13.2 Å². The molecule has 0 fully saturated rings. The zero-order valence-corrected chi connectivity index (χ0v) is 18.4. The van der Waals surface area contributed by atoms with Crippen LogP contribution in [-0.4, -0.2) is 34.5 Å². The number of sulfonamides is 1. The van der Waals surface area contributed by atoms with Crippen molar-refractivity contribution in [3.8, 4) is 5.69 Å². The number of carbonyl (C=O) groups is 1. The summed E-state index contributed by atoms with van der Waals surface area (Å²) in [6.45, 7) is 1.92. The van der Waals surface area contributed by atoms with E-state index in [1.807, 2.05) is 19.1 Å². The van der Waals surface area contributed by atoms with Crippen molar-refractivity contribution in [3.05, 3.63) is 88.7 Å². The molecule has 11 heteroatoms. The molecule has 0 spiro atoms. The molecule has 0 atom stereocenters. The molecule has 4 aromatic rings. The van der Waals surface area contributed by atoms with E-state index < -0.39 is 10.0 Å². The zero-order valence-electron chi connectivity index (χ0n) is 16.8. The van der Waals surface area contributed by atoms with Gasteiger partial charge >= 0.3 is 0 Å². The summed E-state index contributed by atoms with van der Waals surface area (Å²) in [5.74, 6) is -0.337. The molecule has 32 heavy (non-hydrogen) atoms. The van der Waals surface area contributed by atoms with E-state index in [2.05, 4.69) is 25.6 Å². The van der Waals surface area contributed by atoms with E-state index in [1.54, 1.807) is 36.4 Å². The Morgan fingerprint density at radius 3 is 2.16 bits per heavy atom. The van der Waals surface area contributed by atoms with Crippen LogP contribution in [0.4, 0.5) is 11.4 Å².